The maximum atomic E-state index is 13.3. The number of carbonyl (C=O) groups is 2. The van der Waals surface area contributed by atoms with Crippen LogP contribution in [0.25, 0.3) is 5.57 Å². The van der Waals surface area contributed by atoms with Gasteiger partial charge in [0.15, 0.2) is 0 Å². The van der Waals surface area contributed by atoms with Crippen LogP contribution in [0.15, 0.2) is 24.3 Å². The normalized spacial score (nSPS) is 36.7. The van der Waals surface area contributed by atoms with E-state index in [1.54, 1.807) is 0 Å². The highest BCUT2D eigenvalue weighted by Gasteiger charge is 2.76. The molecule has 2 bridgehead atoms. The second-order valence-electron chi connectivity index (χ2n) is 13.3. The van der Waals surface area contributed by atoms with Crippen LogP contribution in [0.4, 0.5) is 0 Å². The molecule has 3 fully saturated rings. The molecule has 2 unspecified atom stereocenters. The molecule has 0 radical (unpaired) electrons. The molecule has 4 atom stereocenters. The lowest BCUT2D eigenvalue weighted by Crippen LogP contribution is -2.49. The zero-order valence-electron chi connectivity index (χ0n) is 22.1. The lowest BCUT2D eigenvalue weighted by Gasteiger charge is -2.34. The van der Waals surface area contributed by atoms with E-state index < -0.39 is 16.4 Å². The zero-order chi connectivity index (χ0) is 24.9. The molecule has 184 valence electrons. The Morgan fingerprint density at radius 3 is 2.41 bits per heavy atom. The molecule has 0 aromatic heterocycles. The molecule has 2 saturated carbocycles. The number of hydrogen-bond donors (Lipinski definition) is 0. The van der Waals surface area contributed by atoms with Crippen LogP contribution in [0.2, 0.25) is 0 Å². The molecule has 3 aliphatic carbocycles. The molecule has 1 aromatic carbocycles. The van der Waals surface area contributed by atoms with E-state index in [1.165, 1.54) is 22.3 Å². The number of benzene rings is 1. The van der Waals surface area contributed by atoms with E-state index in [1.807, 2.05) is 20.8 Å². The van der Waals surface area contributed by atoms with E-state index in [0.29, 0.717) is 25.4 Å². The van der Waals surface area contributed by atoms with Gasteiger partial charge in [-0.15, -0.1) is 0 Å². The van der Waals surface area contributed by atoms with Crippen molar-refractivity contribution < 1.29 is 19.1 Å². The van der Waals surface area contributed by atoms with E-state index in [9.17, 15) is 9.59 Å². The second-order valence-corrected chi connectivity index (χ2v) is 13.3. The summed E-state index contributed by atoms with van der Waals surface area (Å²) in [5, 5.41) is 0. The number of rotatable bonds is 5. The van der Waals surface area contributed by atoms with E-state index in [2.05, 4.69) is 58.9 Å². The van der Waals surface area contributed by atoms with Gasteiger partial charge in [0.25, 0.3) is 0 Å². The van der Waals surface area contributed by atoms with Crippen molar-refractivity contribution >= 4 is 17.5 Å². The van der Waals surface area contributed by atoms with Gasteiger partial charge in [0, 0.05) is 11.3 Å². The van der Waals surface area contributed by atoms with Crippen LogP contribution < -0.4 is 0 Å². The van der Waals surface area contributed by atoms with Gasteiger partial charge in [0.05, 0.1) is 12.0 Å². The summed E-state index contributed by atoms with van der Waals surface area (Å²) in [7, 11) is 0. The van der Waals surface area contributed by atoms with Crippen molar-refractivity contribution in [1.29, 1.82) is 0 Å². The van der Waals surface area contributed by atoms with Gasteiger partial charge >= 0.3 is 11.9 Å². The van der Waals surface area contributed by atoms with Crippen LogP contribution in [-0.2, 0) is 29.9 Å². The molecule has 0 N–H and O–H groups in total. The van der Waals surface area contributed by atoms with Crippen molar-refractivity contribution in [3.8, 4) is 0 Å². The van der Waals surface area contributed by atoms with Gasteiger partial charge in [0.2, 0.25) is 5.60 Å². The smallest absolute Gasteiger partial charge is 0.351 e. The number of hydrogen-bond acceptors (Lipinski definition) is 4. The van der Waals surface area contributed by atoms with E-state index in [-0.39, 0.29) is 28.7 Å². The van der Waals surface area contributed by atoms with Crippen molar-refractivity contribution in [3.05, 3.63) is 41.0 Å². The summed E-state index contributed by atoms with van der Waals surface area (Å²) in [5.41, 5.74) is 3.42. The Labute approximate surface area is 204 Å². The number of esters is 2. The highest BCUT2D eigenvalue weighted by molar-refractivity contribution is 5.93. The highest BCUT2D eigenvalue weighted by atomic mass is 16.6. The number of ether oxygens (including phenoxy) is 2. The Hall–Kier alpha value is -2.10. The Morgan fingerprint density at radius 2 is 1.82 bits per heavy atom. The summed E-state index contributed by atoms with van der Waals surface area (Å²) in [4.78, 5) is 25.8. The average molecular weight is 465 g/mol. The van der Waals surface area contributed by atoms with Crippen LogP contribution in [-0.4, -0.2) is 24.1 Å². The fourth-order valence-corrected chi connectivity index (χ4v) is 6.90. The summed E-state index contributed by atoms with van der Waals surface area (Å²) in [6, 6.07) is 7.01. The zero-order valence-corrected chi connectivity index (χ0v) is 22.1. The van der Waals surface area contributed by atoms with Crippen molar-refractivity contribution in [2.45, 2.75) is 97.5 Å². The Morgan fingerprint density at radius 1 is 1.12 bits per heavy atom. The first-order valence-corrected chi connectivity index (χ1v) is 13.0. The topological polar surface area (TPSA) is 52.6 Å². The highest BCUT2D eigenvalue weighted by Crippen LogP contribution is 2.66. The van der Waals surface area contributed by atoms with Crippen LogP contribution in [0, 0.1) is 22.7 Å². The molecule has 0 spiro atoms. The van der Waals surface area contributed by atoms with Gasteiger partial charge in [0.1, 0.15) is 0 Å². The summed E-state index contributed by atoms with van der Waals surface area (Å²) < 4.78 is 11.6. The molecule has 1 heterocycles. The van der Waals surface area contributed by atoms with Crippen molar-refractivity contribution in [1.82, 2.24) is 0 Å². The van der Waals surface area contributed by atoms with Crippen LogP contribution in [0.1, 0.15) is 97.8 Å². The second kappa shape index (κ2) is 6.98. The minimum absolute atomic E-state index is 0.00270. The fourth-order valence-electron chi connectivity index (χ4n) is 6.90. The summed E-state index contributed by atoms with van der Waals surface area (Å²) >= 11 is 0. The lowest BCUT2D eigenvalue weighted by molar-refractivity contribution is -0.183. The molecule has 4 nitrogen and oxygen atoms in total. The van der Waals surface area contributed by atoms with Gasteiger partial charge in [-0.3, -0.25) is 4.79 Å². The van der Waals surface area contributed by atoms with Gasteiger partial charge in [-0.1, -0.05) is 72.7 Å². The van der Waals surface area contributed by atoms with Gasteiger partial charge in [-0.25, -0.2) is 4.79 Å². The first kappa shape index (κ1) is 23.6. The minimum Gasteiger partial charge on any atom is -0.462 e. The van der Waals surface area contributed by atoms with Gasteiger partial charge in [-0.05, 0) is 71.6 Å². The van der Waals surface area contributed by atoms with Crippen molar-refractivity contribution in [3.63, 3.8) is 0 Å². The standard InChI is InChI=1S/C30H40O4/c1-18(2)21-11-12-26(3,4)23-10-9-19(15-22(21)23)28(7)16-20(28)17-33-25(32)30-14-13-29(8,24(31)34-30)27(30,5)6/h9-11,15,18,20H,12-14,16-17H2,1-8H3/t20-,28+,29?,30?/m0/s1. The molecule has 0 amide bonds. The first-order valence-electron chi connectivity index (χ1n) is 13.0. The number of fused-ring (bicyclic) bond motifs is 3. The molecule has 34 heavy (non-hydrogen) atoms. The van der Waals surface area contributed by atoms with E-state index in [0.717, 1.165) is 12.8 Å². The predicted molar refractivity (Wildman–Crippen MR) is 133 cm³/mol. The maximum absolute atomic E-state index is 13.3. The monoisotopic (exact) mass is 464 g/mol. The van der Waals surface area contributed by atoms with E-state index in [4.69, 9.17) is 9.47 Å². The molecule has 5 rings (SSSR count). The molecular formula is C30H40O4. The molecular weight excluding hydrogens is 424 g/mol. The molecule has 1 aliphatic heterocycles. The van der Waals surface area contributed by atoms with Crippen molar-refractivity contribution in [2.24, 2.45) is 22.7 Å². The van der Waals surface area contributed by atoms with E-state index >= 15 is 0 Å². The fraction of sp³-hybridized carbons (Fsp3) is 0.667. The van der Waals surface area contributed by atoms with Crippen LogP contribution in [0.5, 0.6) is 0 Å². The summed E-state index contributed by atoms with van der Waals surface area (Å²) in [5.74, 6) is 0.145. The average Bonchev–Trinajstić information content (AvgIpc) is 3.34. The number of allylic oxidation sites excluding steroid dienone is 2. The summed E-state index contributed by atoms with van der Waals surface area (Å²) in [6.07, 6.45) is 5.71. The maximum Gasteiger partial charge on any atom is 0.351 e. The third kappa shape index (κ3) is 2.89. The predicted octanol–water partition coefficient (Wildman–Crippen LogP) is 6.35. The molecule has 4 aliphatic rings. The summed E-state index contributed by atoms with van der Waals surface area (Å²) in [6.45, 7) is 17.7. The third-order valence-corrected chi connectivity index (χ3v) is 10.4. The lowest BCUT2D eigenvalue weighted by atomic mass is 9.66. The molecule has 1 saturated heterocycles. The largest absolute Gasteiger partial charge is 0.462 e. The van der Waals surface area contributed by atoms with Gasteiger partial charge in [-0.2, -0.15) is 0 Å². The number of carbonyl (C=O) groups excluding carboxylic acids is 2. The minimum atomic E-state index is -1.14. The van der Waals surface area contributed by atoms with Crippen LogP contribution >= 0.6 is 0 Å². The molecule has 4 heteroatoms. The third-order valence-electron chi connectivity index (χ3n) is 10.4. The van der Waals surface area contributed by atoms with Gasteiger partial charge < -0.3 is 9.47 Å². The Kier molecular flexibility index (Phi) is 4.85. The Balaban J connectivity index is 1.33. The molecule has 1 aromatic rings. The first-order chi connectivity index (χ1) is 15.7. The SMILES string of the molecule is CC(C)C1=CCC(C)(C)c2ccc([C@@]3(C)C[C@H]3COC(=O)C34CCC(C)(C(=O)O3)C4(C)C)cc21. The Bertz CT molecular complexity index is 1110. The van der Waals surface area contributed by atoms with Crippen LogP contribution in [0.3, 0.4) is 0 Å². The quantitative estimate of drug-likeness (QED) is 0.477. The van der Waals surface area contributed by atoms with Crippen molar-refractivity contribution in [2.75, 3.05) is 6.61 Å².